The van der Waals surface area contributed by atoms with Crippen molar-refractivity contribution >= 4 is 51.4 Å². The van der Waals surface area contributed by atoms with Gasteiger partial charge >= 0.3 is 0 Å². The number of carbonyl (C=O) groups is 2. The van der Waals surface area contributed by atoms with Gasteiger partial charge in [-0.2, -0.15) is 0 Å². The highest BCUT2D eigenvalue weighted by molar-refractivity contribution is 8.00. The van der Waals surface area contributed by atoms with E-state index in [0.29, 0.717) is 53.3 Å². The molecular weight excluding hydrogens is 558 g/mol. The Hall–Kier alpha value is -3.83. The Morgan fingerprint density at radius 2 is 1.83 bits per heavy atom. The van der Waals surface area contributed by atoms with Crippen LogP contribution in [0.3, 0.4) is 0 Å². The fourth-order valence-corrected chi connectivity index (χ4v) is 5.43. The zero-order chi connectivity index (χ0) is 29.4. The zero-order valence-electron chi connectivity index (χ0n) is 23.6. The van der Waals surface area contributed by atoms with Crippen molar-refractivity contribution in [3.63, 3.8) is 0 Å². The minimum Gasteiger partial charge on any atom is -0.494 e. The summed E-state index contributed by atoms with van der Waals surface area (Å²) in [6.45, 7) is 8.50. The van der Waals surface area contributed by atoms with Crippen molar-refractivity contribution < 1.29 is 18.7 Å². The number of para-hydroxylation sites is 2. The molecule has 11 heteroatoms. The molecular formula is C30H35N5O4S2. The number of oxazole rings is 1. The highest BCUT2D eigenvalue weighted by Gasteiger charge is 2.20. The van der Waals surface area contributed by atoms with Crippen molar-refractivity contribution in [1.82, 2.24) is 9.97 Å². The van der Waals surface area contributed by atoms with Crippen molar-refractivity contribution in [1.29, 1.82) is 0 Å². The molecule has 4 N–H and O–H groups in total. The molecule has 41 heavy (non-hydrogen) atoms. The molecule has 0 radical (unpaired) electrons. The molecule has 0 bridgehead atoms. The van der Waals surface area contributed by atoms with E-state index in [2.05, 4.69) is 41.4 Å². The molecule has 4 rings (SSSR count). The summed E-state index contributed by atoms with van der Waals surface area (Å²) in [5.74, 6) is 2.16. The number of hydrogen-bond acceptors (Lipinski definition) is 9. The minimum atomic E-state index is -0.374. The van der Waals surface area contributed by atoms with Gasteiger partial charge < -0.3 is 25.5 Å². The molecule has 2 heterocycles. The highest BCUT2D eigenvalue weighted by atomic mass is 32.2. The lowest BCUT2D eigenvalue weighted by molar-refractivity contribution is -0.117. The number of ether oxygens (including phenoxy) is 1. The third-order valence-corrected chi connectivity index (χ3v) is 8.26. The number of aromatic nitrogens is 2. The molecule has 1 unspecified atom stereocenters. The monoisotopic (exact) mass is 593 g/mol. The van der Waals surface area contributed by atoms with Crippen LogP contribution in [0.1, 0.15) is 63.7 Å². The van der Waals surface area contributed by atoms with Crippen LogP contribution in [0.5, 0.6) is 5.75 Å². The number of nitrogens with zero attached hydrogens (tertiary/aromatic N) is 2. The summed E-state index contributed by atoms with van der Waals surface area (Å²) in [5.41, 5.74) is 7.78. The van der Waals surface area contributed by atoms with Crippen LogP contribution in [0, 0.1) is 0 Å². The van der Waals surface area contributed by atoms with Crippen molar-refractivity contribution in [2.24, 2.45) is 0 Å². The first kappa shape index (κ1) is 30.1. The average Bonchev–Trinajstić information content (AvgIpc) is 3.61. The van der Waals surface area contributed by atoms with Crippen molar-refractivity contribution in [3.05, 3.63) is 78.1 Å². The van der Waals surface area contributed by atoms with Crippen LogP contribution in [0.25, 0.3) is 0 Å². The van der Waals surface area contributed by atoms with E-state index in [9.17, 15) is 9.59 Å². The van der Waals surface area contributed by atoms with Crippen LogP contribution >= 0.6 is 23.1 Å². The van der Waals surface area contributed by atoms with E-state index in [1.807, 2.05) is 43.3 Å². The Labute approximate surface area is 248 Å². The molecule has 0 fully saturated rings. The lowest BCUT2D eigenvalue weighted by Crippen LogP contribution is -2.18. The number of amides is 2. The molecule has 0 spiro atoms. The fourth-order valence-electron chi connectivity index (χ4n) is 3.70. The predicted octanol–water partition coefficient (Wildman–Crippen LogP) is 6.84. The maximum atomic E-state index is 12.9. The van der Waals surface area contributed by atoms with Crippen LogP contribution in [0.4, 0.5) is 16.5 Å². The van der Waals surface area contributed by atoms with Crippen molar-refractivity contribution in [2.75, 3.05) is 23.0 Å². The summed E-state index contributed by atoms with van der Waals surface area (Å²) in [6.07, 6.45) is 4.40. The Morgan fingerprint density at radius 3 is 2.54 bits per heavy atom. The zero-order valence-corrected chi connectivity index (χ0v) is 25.2. The van der Waals surface area contributed by atoms with E-state index < -0.39 is 0 Å². The van der Waals surface area contributed by atoms with Gasteiger partial charge in [0.25, 0.3) is 0 Å². The van der Waals surface area contributed by atoms with Crippen LogP contribution in [-0.4, -0.2) is 28.4 Å². The van der Waals surface area contributed by atoms with E-state index in [4.69, 9.17) is 14.9 Å². The van der Waals surface area contributed by atoms with Crippen LogP contribution in [0.2, 0.25) is 0 Å². The highest BCUT2D eigenvalue weighted by Crippen LogP contribution is 2.32. The van der Waals surface area contributed by atoms with Gasteiger partial charge in [-0.3, -0.25) is 9.59 Å². The maximum absolute atomic E-state index is 12.9. The molecule has 0 aliphatic heterocycles. The van der Waals surface area contributed by atoms with E-state index in [0.717, 1.165) is 15.5 Å². The van der Waals surface area contributed by atoms with E-state index >= 15 is 0 Å². The summed E-state index contributed by atoms with van der Waals surface area (Å²) in [4.78, 5) is 33.7. The molecule has 1 atom stereocenters. The molecule has 2 aromatic carbocycles. The third kappa shape index (κ3) is 8.83. The first-order valence-corrected chi connectivity index (χ1v) is 15.1. The van der Waals surface area contributed by atoms with Crippen molar-refractivity contribution in [2.45, 2.75) is 61.8 Å². The Balaban J connectivity index is 1.18. The van der Waals surface area contributed by atoms with Crippen LogP contribution in [0.15, 0.2) is 69.6 Å². The summed E-state index contributed by atoms with van der Waals surface area (Å²) in [6, 6.07) is 14.5. The summed E-state index contributed by atoms with van der Waals surface area (Å²) >= 11 is 2.99. The number of hydrogen-bond donors (Lipinski definition) is 3. The molecule has 9 nitrogen and oxygen atoms in total. The first-order valence-electron chi connectivity index (χ1n) is 13.3. The quantitative estimate of drug-likeness (QED) is 0.0924. The predicted molar refractivity (Wildman–Crippen MR) is 165 cm³/mol. The summed E-state index contributed by atoms with van der Waals surface area (Å²) < 4.78 is 12.6. The largest absolute Gasteiger partial charge is 0.494 e. The Bertz CT molecular complexity index is 1460. The molecule has 216 valence electrons. The van der Waals surface area contributed by atoms with Gasteiger partial charge in [0, 0.05) is 11.8 Å². The van der Waals surface area contributed by atoms with Gasteiger partial charge in [-0.05, 0) is 43.2 Å². The van der Waals surface area contributed by atoms with Gasteiger partial charge in [-0.25, -0.2) is 9.97 Å². The molecule has 4 aromatic rings. The number of anilines is 3. The number of nitrogens with two attached hydrogens (primary N) is 1. The smallest absolute Gasteiger partial charge is 0.233 e. The Morgan fingerprint density at radius 1 is 1.07 bits per heavy atom. The summed E-state index contributed by atoms with van der Waals surface area (Å²) in [7, 11) is 0. The SMILES string of the molecule is CC(C(=O)Nc1ncc(SCc2ncc(C(C)(C)C)o2)s1)c1ccc(OCCCC(=O)Nc2ccccc2N)cc1. The maximum Gasteiger partial charge on any atom is 0.233 e. The van der Waals surface area contributed by atoms with E-state index in [1.165, 1.54) is 11.3 Å². The number of thiazole rings is 1. The van der Waals surface area contributed by atoms with E-state index in [-0.39, 0.29) is 23.1 Å². The first-order chi connectivity index (χ1) is 19.6. The lowest BCUT2D eigenvalue weighted by Gasteiger charge is -2.13. The standard InChI is InChI=1S/C30H35N5O4S2/c1-19(28(37)35-29-33-17-27(41-29)40-18-26-32-16-24(39-26)30(2,3)4)20-11-13-21(14-12-20)38-15-7-10-25(36)34-23-9-6-5-8-22(23)31/h5-6,8-9,11-14,16-17,19H,7,10,15,18,31H2,1-4H3,(H,34,36)(H,33,35,37). The van der Waals surface area contributed by atoms with Crippen molar-refractivity contribution in [3.8, 4) is 5.75 Å². The minimum absolute atomic E-state index is 0.0830. The molecule has 0 saturated carbocycles. The van der Waals surface area contributed by atoms with Gasteiger partial charge in [0.1, 0.15) is 11.5 Å². The van der Waals surface area contributed by atoms with Gasteiger partial charge in [0.05, 0.1) is 46.3 Å². The van der Waals surface area contributed by atoms with Gasteiger partial charge in [0.15, 0.2) is 5.13 Å². The van der Waals surface area contributed by atoms with Gasteiger partial charge in [-0.15, -0.1) is 11.8 Å². The molecule has 0 aliphatic rings. The average molecular weight is 594 g/mol. The number of carbonyl (C=O) groups excluding carboxylic acids is 2. The van der Waals surface area contributed by atoms with Gasteiger partial charge in [0.2, 0.25) is 17.7 Å². The lowest BCUT2D eigenvalue weighted by atomic mass is 9.94. The van der Waals surface area contributed by atoms with E-state index in [1.54, 1.807) is 36.3 Å². The second-order valence-electron chi connectivity index (χ2n) is 10.5. The topological polar surface area (TPSA) is 132 Å². The third-order valence-electron chi connectivity index (χ3n) is 6.17. The van der Waals surface area contributed by atoms with Crippen LogP contribution < -0.4 is 21.1 Å². The molecule has 2 amide bonds. The number of nitrogens with one attached hydrogen (secondary N) is 2. The number of benzene rings is 2. The number of thioether (sulfide) groups is 1. The normalized spacial score (nSPS) is 12.1. The summed E-state index contributed by atoms with van der Waals surface area (Å²) in [5, 5.41) is 6.26. The second-order valence-corrected chi connectivity index (χ2v) is 12.8. The fraction of sp³-hybridized carbons (Fsp3) is 0.333. The molecule has 0 aliphatic carbocycles. The number of nitrogen functional groups attached to an aromatic ring is 1. The second kappa shape index (κ2) is 13.7. The molecule has 2 aromatic heterocycles. The molecule has 0 saturated heterocycles. The Kier molecular flexibility index (Phi) is 10.1. The number of rotatable bonds is 12. The van der Waals surface area contributed by atoms with Gasteiger partial charge in [-0.1, -0.05) is 56.4 Å². The van der Waals surface area contributed by atoms with Crippen LogP contribution in [-0.2, 0) is 20.8 Å².